The Hall–Kier alpha value is -3.27. The Morgan fingerprint density at radius 3 is 2.41 bits per heavy atom. The molecule has 0 radical (unpaired) electrons. The molecule has 0 bridgehead atoms. The molecule has 0 saturated heterocycles. The van der Waals surface area contributed by atoms with Gasteiger partial charge >= 0.3 is 6.03 Å². The minimum atomic E-state index is -0.0650. The Balaban J connectivity index is 1.60. The number of nitrogens with zero attached hydrogens (tertiary/aromatic N) is 1. The number of amides is 2. The predicted molar refractivity (Wildman–Crippen MR) is 130 cm³/mol. The van der Waals surface area contributed by atoms with E-state index in [-0.39, 0.29) is 12.1 Å². The molecule has 3 aromatic rings. The maximum Gasteiger partial charge on any atom is 0.322 e. The number of hydrogen-bond acceptors (Lipinski definition) is 2. The Labute approximate surface area is 191 Å². The number of benzene rings is 3. The van der Waals surface area contributed by atoms with Crippen LogP contribution in [0.4, 0.5) is 10.5 Å². The molecule has 4 heteroatoms. The Morgan fingerprint density at radius 2 is 1.69 bits per heavy atom. The molecule has 1 aliphatic rings. The molecule has 0 aliphatic heterocycles. The van der Waals surface area contributed by atoms with Crippen molar-refractivity contribution in [2.75, 3.05) is 11.9 Å². The van der Waals surface area contributed by atoms with Crippen molar-refractivity contribution in [3.05, 3.63) is 95.1 Å². The zero-order valence-corrected chi connectivity index (χ0v) is 19.0. The summed E-state index contributed by atoms with van der Waals surface area (Å²) in [5.74, 6) is 0.853. The minimum Gasteiger partial charge on any atom is -0.494 e. The van der Waals surface area contributed by atoms with E-state index < -0.39 is 0 Å². The quantitative estimate of drug-likeness (QED) is 0.452. The molecular weight excluding hydrogens is 396 g/mol. The van der Waals surface area contributed by atoms with Crippen molar-refractivity contribution in [2.24, 2.45) is 0 Å². The van der Waals surface area contributed by atoms with Crippen LogP contribution in [0.3, 0.4) is 0 Å². The third-order valence-corrected chi connectivity index (χ3v) is 6.18. The third kappa shape index (κ3) is 5.13. The van der Waals surface area contributed by atoms with Gasteiger partial charge in [-0.15, -0.1) is 0 Å². The van der Waals surface area contributed by atoms with Crippen LogP contribution in [0.15, 0.2) is 72.8 Å². The number of nitrogens with one attached hydrogen (secondary N) is 1. The molecule has 4 rings (SSSR count). The molecule has 0 aromatic heterocycles. The van der Waals surface area contributed by atoms with Gasteiger partial charge in [0, 0.05) is 12.2 Å². The molecule has 0 saturated carbocycles. The van der Waals surface area contributed by atoms with Gasteiger partial charge in [-0.05, 0) is 79.1 Å². The number of ether oxygens (including phenoxy) is 1. The minimum absolute atomic E-state index is 0.0569. The highest BCUT2D eigenvalue weighted by molar-refractivity contribution is 5.89. The molecular formula is C28H32N2O2. The summed E-state index contributed by atoms with van der Waals surface area (Å²) in [6, 6.07) is 24.7. The second kappa shape index (κ2) is 10.4. The largest absolute Gasteiger partial charge is 0.494 e. The van der Waals surface area contributed by atoms with Crippen LogP contribution in [0.5, 0.6) is 5.75 Å². The molecule has 32 heavy (non-hydrogen) atoms. The number of carbonyl (C=O) groups excluding carboxylic acids is 1. The lowest BCUT2D eigenvalue weighted by Crippen LogP contribution is -2.39. The first-order valence-corrected chi connectivity index (χ1v) is 11.6. The highest BCUT2D eigenvalue weighted by Crippen LogP contribution is 2.35. The smallest absolute Gasteiger partial charge is 0.322 e. The Bertz CT molecular complexity index is 1030. The molecule has 3 aromatic carbocycles. The fraction of sp³-hybridized carbons (Fsp3) is 0.321. The first-order chi connectivity index (χ1) is 15.7. The third-order valence-electron chi connectivity index (χ3n) is 6.18. The van der Waals surface area contributed by atoms with Crippen molar-refractivity contribution in [3.63, 3.8) is 0 Å². The highest BCUT2D eigenvalue weighted by Gasteiger charge is 2.29. The van der Waals surface area contributed by atoms with E-state index in [2.05, 4.69) is 60.8 Å². The second-order valence-electron chi connectivity index (χ2n) is 8.29. The van der Waals surface area contributed by atoms with Crippen LogP contribution >= 0.6 is 0 Å². The van der Waals surface area contributed by atoms with Crippen LogP contribution in [-0.2, 0) is 19.4 Å². The molecule has 0 heterocycles. The zero-order chi connectivity index (χ0) is 22.3. The zero-order valence-electron chi connectivity index (χ0n) is 19.0. The Morgan fingerprint density at radius 1 is 0.969 bits per heavy atom. The number of fused-ring (bicyclic) bond motifs is 1. The van der Waals surface area contributed by atoms with E-state index in [4.69, 9.17) is 4.74 Å². The number of hydrogen-bond donors (Lipinski definition) is 1. The first kappa shape index (κ1) is 21.9. The molecule has 2 amide bonds. The molecule has 1 unspecified atom stereocenters. The van der Waals surface area contributed by atoms with Gasteiger partial charge in [-0.25, -0.2) is 4.79 Å². The molecule has 1 aliphatic carbocycles. The van der Waals surface area contributed by atoms with Gasteiger partial charge in [0.25, 0.3) is 0 Å². The summed E-state index contributed by atoms with van der Waals surface area (Å²) in [6.07, 6.45) is 4.11. The van der Waals surface area contributed by atoms with Crippen LogP contribution in [0.1, 0.15) is 55.0 Å². The van der Waals surface area contributed by atoms with Gasteiger partial charge in [-0.3, -0.25) is 0 Å². The van der Waals surface area contributed by atoms with Crippen molar-refractivity contribution in [3.8, 4) is 5.75 Å². The topological polar surface area (TPSA) is 41.6 Å². The van der Waals surface area contributed by atoms with Gasteiger partial charge in [-0.2, -0.15) is 0 Å². The molecule has 4 nitrogen and oxygen atoms in total. The van der Waals surface area contributed by atoms with Gasteiger partial charge in [0.05, 0.1) is 12.6 Å². The monoisotopic (exact) mass is 428 g/mol. The van der Waals surface area contributed by atoms with Crippen LogP contribution in [0.25, 0.3) is 0 Å². The molecule has 0 spiro atoms. The van der Waals surface area contributed by atoms with Gasteiger partial charge in [0.1, 0.15) is 5.75 Å². The SMILES string of the molecule is CCOc1ccc(CN(C(=O)Nc2ccc(CC)cc2)C2CCCc3ccccc32)cc1. The van der Waals surface area contributed by atoms with Gasteiger partial charge in [0.15, 0.2) is 0 Å². The summed E-state index contributed by atoms with van der Waals surface area (Å²) in [7, 11) is 0. The van der Waals surface area contributed by atoms with Gasteiger partial charge in [-0.1, -0.05) is 55.5 Å². The number of anilines is 1. The summed E-state index contributed by atoms with van der Waals surface area (Å²) in [4.78, 5) is 15.5. The first-order valence-electron chi connectivity index (χ1n) is 11.6. The van der Waals surface area contributed by atoms with E-state index in [9.17, 15) is 4.79 Å². The van der Waals surface area contributed by atoms with E-state index in [1.54, 1.807) is 0 Å². The predicted octanol–water partition coefficient (Wildman–Crippen LogP) is 6.76. The second-order valence-corrected chi connectivity index (χ2v) is 8.29. The van der Waals surface area contributed by atoms with Gasteiger partial charge in [0.2, 0.25) is 0 Å². The fourth-order valence-electron chi connectivity index (χ4n) is 4.45. The van der Waals surface area contributed by atoms with Crippen LogP contribution in [0, 0.1) is 0 Å². The van der Waals surface area contributed by atoms with E-state index in [1.165, 1.54) is 16.7 Å². The lowest BCUT2D eigenvalue weighted by atomic mass is 9.86. The lowest BCUT2D eigenvalue weighted by Gasteiger charge is -2.36. The summed E-state index contributed by atoms with van der Waals surface area (Å²) < 4.78 is 5.58. The van der Waals surface area contributed by atoms with Crippen molar-refractivity contribution >= 4 is 11.7 Å². The summed E-state index contributed by atoms with van der Waals surface area (Å²) in [5.41, 5.74) is 5.79. The van der Waals surface area contributed by atoms with Crippen molar-refractivity contribution in [1.82, 2.24) is 4.90 Å². The average Bonchev–Trinajstić information content (AvgIpc) is 2.84. The number of aryl methyl sites for hydroxylation is 2. The van der Waals surface area contributed by atoms with Gasteiger partial charge < -0.3 is 15.0 Å². The number of carbonyl (C=O) groups is 1. The van der Waals surface area contributed by atoms with Crippen LogP contribution < -0.4 is 10.1 Å². The number of rotatable bonds is 7. The summed E-state index contributed by atoms with van der Waals surface area (Å²) in [6.45, 7) is 5.30. The van der Waals surface area contributed by atoms with Crippen molar-refractivity contribution in [2.45, 2.75) is 52.1 Å². The van der Waals surface area contributed by atoms with Crippen molar-refractivity contribution < 1.29 is 9.53 Å². The van der Waals surface area contributed by atoms with E-state index in [0.717, 1.165) is 42.7 Å². The van der Waals surface area contributed by atoms with Crippen LogP contribution in [-0.4, -0.2) is 17.5 Å². The highest BCUT2D eigenvalue weighted by atomic mass is 16.5. The van der Waals surface area contributed by atoms with Crippen LogP contribution in [0.2, 0.25) is 0 Å². The standard InChI is InChI=1S/C28H32N2O2/c1-3-21-12-16-24(17-13-21)29-28(31)30(20-22-14-18-25(19-15-22)32-4-2)27-11-7-9-23-8-5-6-10-26(23)27/h5-6,8,10,12-19,27H,3-4,7,9,11,20H2,1-2H3,(H,29,31). The maximum atomic E-state index is 13.5. The average molecular weight is 429 g/mol. The number of urea groups is 1. The maximum absolute atomic E-state index is 13.5. The lowest BCUT2D eigenvalue weighted by molar-refractivity contribution is 0.175. The normalized spacial score (nSPS) is 15.0. The molecule has 1 N–H and O–H groups in total. The Kier molecular flexibility index (Phi) is 7.10. The summed E-state index contributed by atoms with van der Waals surface area (Å²) >= 11 is 0. The van der Waals surface area contributed by atoms with E-state index in [0.29, 0.717) is 13.2 Å². The molecule has 0 fully saturated rings. The van der Waals surface area contributed by atoms with E-state index in [1.807, 2.05) is 36.1 Å². The van der Waals surface area contributed by atoms with Crippen molar-refractivity contribution in [1.29, 1.82) is 0 Å². The van der Waals surface area contributed by atoms with E-state index >= 15 is 0 Å². The summed E-state index contributed by atoms with van der Waals surface area (Å²) in [5, 5.41) is 3.14. The molecule has 1 atom stereocenters. The fourth-order valence-corrected chi connectivity index (χ4v) is 4.45. The molecule has 166 valence electrons.